The maximum Gasteiger partial charge on any atom is 1.00 e. The van der Waals surface area contributed by atoms with E-state index in [2.05, 4.69) is 38.2 Å². The fourth-order valence-electron chi connectivity index (χ4n) is 8.07. The van der Waals surface area contributed by atoms with Gasteiger partial charge >= 0.3 is 63.3 Å². The number of esters is 2. The van der Waals surface area contributed by atoms with Gasteiger partial charge in [-0.15, -0.1) is 0 Å². The van der Waals surface area contributed by atoms with Crippen LogP contribution in [0.1, 0.15) is 279 Å². The van der Waals surface area contributed by atoms with Crippen molar-refractivity contribution in [1.82, 2.24) is 0 Å². The van der Waals surface area contributed by atoms with Gasteiger partial charge in [-0.1, -0.05) is 224 Å². The molecule has 0 saturated carbocycles. The van der Waals surface area contributed by atoms with Gasteiger partial charge < -0.3 is 14.0 Å². The molecule has 0 fully saturated rings. The number of unbranched alkanes of at least 4 members (excludes halogenated alkanes) is 34. The summed E-state index contributed by atoms with van der Waals surface area (Å²) < 4.78 is 47.0. The monoisotopic (exact) mass is 925 g/mol. The quantitative estimate of drug-likeness (QED) is 0.0211. The molecule has 0 unspecified atom stereocenters. The van der Waals surface area contributed by atoms with E-state index in [0.29, 0.717) is 12.8 Å². The summed E-state index contributed by atoms with van der Waals surface area (Å²) in [4.78, 5) is 25.3. The molecule has 0 aromatic heterocycles. The van der Waals surface area contributed by atoms with Crippen LogP contribution >= 0.6 is 0 Å². The van der Waals surface area contributed by atoms with Gasteiger partial charge in [-0.3, -0.25) is 0 Å². The summed E-state index contributed by atoms with van der Waals surface area (Å²) >= 11 is 0. The Bertz CT molecular complexity index is 1380. The molecule has 0 aliphatic heterocycles. The first-order valence-corrected chi connectivity index (χ1v) is 27.5. The summed E-state index contributed by atoms with van der Waals surface area (Å²) in [5.74, 6) is -1.80. The van der Waals surface area contributed by atoms with Crippen LogP contribution in [0.15, 0.2) is 47.4 Å². The number of benzene rings is 1. The van der Waals surface area contributed by atoms with Crippen LogP contribution in [0.5, 0.6) is 0 Å². The van der Waals surface area contributed by atoms with Gasteiger partial charge in [0.1, 0.15) is 10.1 Å². The van der Waals surface area contributed by atoms with Crippen molar-refractivity contribution in [3.63, 3.8) is 0 Å². The van der Waals surface area contributed by atoms with E-state index < -0.39 is 32.5 Å². The number of hydrogen-bond acceptors (Lipinski definition) is 7. The van der Waals surface area contributed by atoms with Crippen molar-refractivity contribution in [3.05, 3.63) is 53.6 Å². The first kappa shape index (κ1) is 62.2. The fraction of sp³-hybridized carbons (Fsp3) is 0.778. The number of hydrogen-bond donors (Lipinski definition) is 0. The van der Waals surface area contributed by atoms with Crippen LogP contribution in [0, 0.1) is 0 Å². The smallest absolute Gasteiger partial charge is 0.744 e. The molecule has 0 atom stereocenters. The first-order chi connectivity index (χ1) is 30.3. The van der Waals surface area contributed by atoms with E-state index >= 15 is 0 Å². The average Bonchev–Trinajstić information content (AvgIpc) is 3.26. The van der Waals surface area contributed by atoms with Crippen molar-refractivity contribution >= 4 is 22.1 Å². The van der Waals surface area contributed by atoms with Crippen LogP contribution in [0.25, 0.3) is 0 Å². The van der Waals surface area contributed by atoms with Gasteiger partial charge in [0.25, 0.3) is 0 Å². The fourth-order valence-corrected chi connectivity index (χ4v) is 8.76. The van der Waals surface area contributed by atoms with E-state index in [0.717, 1.165) is 44.6 Å². The van der Waals surface area contributed by atoms with Crippen LogP contribution in [-0.2, 0) is 19.6 Å². The van der Waals surface area contributed by atoms with E-state index in [4.69, 9.17) is 9.47 Å². The molecule has 0 aliphatic rings. The minimum absolute atomic E-state index is 0. The molecule has 358 valence electrons. The van der Waals surface area contributed by atoms with E-state index in [-0.39, 0.29) is 70.2 Å². The summed E-state index contributed by atoms with van der Waals surface area (Å²) in [6.45, 7) is 4.78. The van der Waals surface area contributed by atoms with Crippen molar-refractivity contribution in [3.8, 4) is 0 Å². The zero-order chi connectivity index (χ0) is 45.0. The molecule has 0 aliphatic carbocycles. The number of rotatable bonds is 45. The summed E-state index contributed by atoms with van der Waals surface area (Å²) in [7, 11) is -5.02. The molecule has 63 heavy (non-hydrogen) atoms. The maximum atomic E-state index is 13.1. The molecule has 0 bridgehead atoms. The van der Waals surface area contributed by atoms with E-state index in [9.17, 15) is 22.6 Å². The van der Waals surface area contributed by atoms with Gasteiger partial charge in [-0.05, 0) is 76.3 Å². The Labute approximate surface area is 431 Å². The molecule has 1 aromatic carbocycles. The van der Waals surface area contributed by atoms with Crippen molar-refractivity contribution in [1.29, 1.82) is 0 Å². The molecule has 0 spiro atoms. The van der Waals surface area contributed by atoms with Crippen molar-refractivity contribution in [2.45, 2.75) is 263 Å². The van der Waals surface area contributed by atoms with E-state index in [1.807, 2.05) is 0 Å². The predicted octanol–water partition coefficient (Wildman–Crippen LogP) is 13.9. The Morgan fingerprint density at radius 3 is 1.05 bits per heavy atom. The first-order valence-electron chi connectivity index (χ1n) is 26.1. The zero-order valence-corrected chi connectivity index (χ0v) is 45.0. The number of allylic oxidation sites excluding steroid dienone is 4. The zero-order valence-electron chi connectivity index (χ0n) is 41.1. The summed E-state index contributed by atoms with van der Waals surface area (Å²) in [5, 5.41) is 0. The van der Waals surface area contributed by atoms with Gasteiger partial charge in [-0.2, -0.15) is 0 Å². The third kappa shape index (κ3) is 37.9. The number of carbonyl (C=O) groups excluding carboxylic acids is 2. The predicted molar refractivity (Wildman–Crippen MR) is 260 cm³/mol. The second-order valence-corrected chi connectivity index (χ2v) is 19.2. The van der Waals surface area contributed by atoms with Crippen molar-refractivity contribution in [2.75, 3.05) is 13.2 Å². The second-order valence-electron chi connectivity index (χ2n) is 17.8. The molecule has 9 heteroatoms. The molecule has 0 saturated heterocycles. The minimum Gasteiger partial charge on any atom is -0.744 e. The number of carbonyl (C=O) groups is 2. The Morgan fingerprint density at radius 1 is 0.444 bits per heavy atom. The Kier molecular flexibility index (Phi) is 45.7. The third-order valence-electron chi connectivity index (χ3n) is 12.0. The van der Waals surface area contributed by atoms with Crippen molar-refractivity contribution < 1.29 is 83.4 Å². The van der Waals surface area contributed by atoms with Gasteiger partial charge in [0.15, 0.2) is 0 Å². The molecule has 7 nitrogen and oxygen atoms in total. The van der Waals surface area contributed by atoms with Crippen LogP contribution in [-0.4, -0.2) is 38.1 Å². The van der Waals surface area contributed by atoms with E-state index in [1.165, 1.54) is 205 Å². The molecule has 0 amide bonds. The Hall–Kier alpha value is -0.814. The van der Waals surface area contributed by atoms with E-state index in [1.54, 1.807) is 0 Å². The van der Waals surface area contributed by atoms with Crippen LogP contribution in [0.3, 0.4) is 0 Å². The second kappa shape index (κ2) is 46.3. The molecule has 1 aromatic rings. The van der Waals surface area contributed by atoms with Crippen molar-refractivity contribution in [2.24, 2.45) is 0 Å². The van der Waals surface area contributed by atoms with Crippen LogP contribution < -0.4 is 51.4 Å². The molecular weight excluding hydrogens is 832 g/mol. The third-order valence-corrected chi connectivity index (χ3v) is 12.9. The topological polar surface area (TPSA) is 110 Å². The minimum atomic E-state index is -5.02. The standard InChI is InChI=1S/C54H94O7S.K/c1-3-5-7-9-11-13-15-17-19-21-23-25-27-29-31-33-35-37-39-41-43-48-60-53(55)50-46-45-47-51(62(57,58)59)52(50)54(56)61-49-44-42-40-38-36-34-32-30-28-26-24-22-20-18-16-14-12-10-8-6-4-2;/h15-18,45-47H,3-14,19-44,48-49H2,1-2H3,(H,57,58,59);/q;+1/p-1/b17-15+,18-16+;. The molecule has 1 rings (SSSR count). The SMILES string of the molecule is CCCCCCC/C=C/CCCCCCCCCCCCCCOC(=O)c1cccc(S(=O)(=O)[O-])c1C(=O)OCCCCCCCCCCCCCC/C=C/CCCCCCC.[K+]. The molecule has 0 N–H and O–H groups in total. The van der Waals surface area contributed by atoms with Crippen LogP contribution in [0.4, 0.5) is 0 Å². The largest absolute Gasteiger partial charge is 1.00 e. The molecule has 0 radical (unpaired) electrons. The average molecular weight is 925 g/mol. The number of ether oxygens (including phenoxy) is 2. The van der Waals surface area contributed by atoms with Crippen LogP contribution in [0.2, 0.25) is 0 Å². The summed E-state index contributed by atoms with van der Waals surface area (Å²) in [6, 6.07) is 3.65. The Morgan fingerprint density at radius 2 is 0.730 bits per heavy atom. The maximum absolute atomic E-state index is 13.1. The summed E-state index contributed by atoms with van der Waals surface area (Å²) in [5.41, 5.74) is -0.771. The Balaban J connectivity index is 0.0000384. The normalized spacial score (nSPS) is 11.7. The van der Waals surface area contributed by atoms with Gasteiger partial charge in [0.05, 0.1) is 29.2 Å². The van der Waals surface area contributed by atoms with Gasteiger partial charge in [-0.25, -0.2) is 18.0 Å². The van der Waals surface area contributed by atoms with Gasteiger partial charge in [0.2, 0.25) is 0 Å². The molecule has 0 heterocycles. The molecular formula is C54H93KO7S. The van der Waals surface area contributed by atoms with Gasteiger partial charge in [0, 0.05) is 0 Å². The summed E-state index contributed by atoms with van der Waals surface area (Å²) in [6.07, 6.45) is 56.1.